The molecule has 7 heteroatoms. The number of benzene rings is 1. The average Bonchev–Trinajstić information content (AvgIpc) is 2.99. The van der Waals surface area contributed by atoms with Gasteiger partial charge in [0.25, 0.3) is 0 Å². The molecule has 1 N–H and O–H groups in total. The number of hydrogen-bond donors (Lipinski definition) is 1. The molecule has 0 fully saturated rings. The lowest BCUT2D eigenvalue weighted by molar-refractivity contribution is -0.115. The molecule has 0 bridgehead atoms. The fourth-order valence-electron chi connectivity index (χ4n) is 1.89. The van der Waals surface area contributed by atoms with Crippen LogP contribution in [0.5, 0.6) is 0 Å². The maximum atomic E-state index is 12.0. The Morgan fingerprint density at radius 3 is 2.50 bits per heavy atom. The molecule has 1 aromatic carbocycles. The summed E-state index contributed by atoms with van der Waals surface area (Å²) in [4.78, 5) is 13.8. The summed E-state index contributed by atoms with van der Waals surface area (Å²) in [7, 11) is 3.68. The van der Waals surface area contributed by atoms with E-state index in [1.54, 1.807) is 16.7 Å². The second-order valence-electron chi connectivity index (χ2n) is 4.98. The minimum atomic E-state index is -0.0294. The molecule has 1 aromatic heterocycles. The van der Waals surface area contributed by atoms with Crippen molar-refractivity contribution in [3.8, 4) is 11.5 Å². The summed E-state index contributed by atoms with van der Waals surface area (Å²) >= 11 is 1.55. The predicted molar refractivity (Wildman–Crippen MR) is 90.3 cm³/mol. The van der Waals surface area contributed by atoms with Crippen LogP contribution in [-0.4, -0.2) is 41.7 Å². The van der Waals surface area contributed by atoms with Crippen molar-refractivity contribution in [1.82, 2.24) is 10.2 Å². The first-order chi connectivity index (χ1) is 10.5. The van der Waals surface area contributed by atoms with Crippen molar-refractivity contribution in [3.05, 3.63) is 24.3 Å². The molecule has 0 aliphatic carbocycles. The van der Waals surface area contributed by atoms with E-state index in [0.29, 0.717) is 11.9 Å². The third-order valence-corrected chi connectivity index (χ3v) is 4.26. The zero-order valence-corrected chi connectivity index (χ0v) is 14.0. The maximum Gasteiger partial charge on any atom is 0.317 e. The van der Waals surface area contributed by atoms with Crippen LogP contribution in [0.3, 0.4) is 0 Å². The van der Waals surface area contributed by atoms with E-state index in [1.165, 1.54) is 0 Å². The molecule has 1 heterocycles. The zero-order valence-electron chi connectivity index (χ0n) is 13.2. The van der Waals surface area contributed by atoms with Gasteiger partial charge in [0.15, 0.2) is 0 Å². The number of amides is 1. The third kappa shape index (κ3) is 3.79. The molecule has 118 valence electrons. The van der Waals surface area contributed by atoms with Gasteiger partial charge in [-0.1, -0.05) is 12.0 Å². The van der Waals surface area contributed by atoms with Gasteiger partial charge in [-0.25, -0.2) is 0 Å². The topological polar surface area (TPSA) is 71.3 Å². The highest BCUT2D eigenvalue weighted by atomic mass is 32.2. The highest BCUT2D eigenvalue weighted by Crippen LogP contribution is 2.23. The molecule has 0 radical (unpaired) electrons. The lowest BCUT2D eigenvalue weighted by atomic mass is 10.2. The van der Waals surface area contributed by atoms with E-state index < -0.39 is 0 Å². The van der Waals surface area contributed by atoms with Gasteiger partial charge < -0.3 is 14.6 Å². The Labute approximate surface area is 134 Å². The standard InChI is InChI=1S/C15H20N4O2S/c1-5-12(22-4)13(20)16-11-8-6-10(7-9-11)14-17-18-15(21-14)19(2)3/h6-9,12H,5H2,1-4H3,(H,16,20). The summed E-state index contributed by atoms with van der Waals surface area (Å²) in [6.45, 7) is 2.00. The largest absolute Gasteiger partial charge is 0.403 e. The number of carbonyl (C=O) groups excluding carboxylic acids is 1. The fourth-order valence-corrected chi connectivity index (χ4v) is 2.50. The summed E-state index contributed by atoms with van der Waals surface area (Å²) in [5.41, 5.74) is 1.57. The number of rotatable bonds is 6. The first kappa shape index (κ1) is 16.4. The predicted octanol–water partition coefficient (Wildman–Crippen LogP) is 2.88. The summed E-state index contributed by atoms with van der Waals surface area (Å²) in [5.74, 6) is 0.479. The molecule has 2 rings (SSSR count). The van der Waals surface area contributed by atoms with Gasteiger partial charge in [0.2, 0.25) is 11.8 Å². The molecule has 0 spiro atoms. The smallest absolute Gasteiger partial charge is 0.317 e. The van der Waals surface area contributed by atoms with Crippen LogP contribution in [-0.2, 0) is 4.79 Å². The highest BCUT2D eigenvalue weighted by molar-refractivity contribution is 7.99. The molecule has 22 heavy (non-hydrogen) atoms. The lowest BCUT2D eigenvalue weighted by Crippen LogP contribution is -2.24. The number of nitrogens with zero attached hydrogens (tertiary/aromatic N) is 3. The summed E-state index contributed by atoms with van der Waals surface area (Å²) < 4.78 is 5.54. The second kappa shape index (κ2) is 7.31. The van der Waals surface area contributed by atoms with Gasteiger partial charge in [0.05, 0.1) is 5.25 Å². The summed E-state index contributed by atoms with van der Waals surface area (Å²) in [5, 5.41) is 10.8. The number of aromatic nitrogens is 2. The molecule has 1 unspecified atom stereocenters. The normalized spacial score (nSPS) is 12.0. The van der Waals surface area contributed by atoms with Crippen LogP contribution in [0.15, 0.2) is 28.7 Å². The van der Waals surface area contributed by atoms with Crippen LogP contribution in [0.4, 0.5) is 11.7 Å². The van der Waals surface area contributed by atoms with Crippen molar-refractivity contribution in [2.75, 3.05) is 30.6 Å². The Kier molecular flexibility index (Phi) is 5.43. The van der Waals surface area contributed by atoms with Gasteiger partial charge in [-0.05, 0) is 36.9 Å². The zero-order chi connectivity index (χ0) is 16.1. The number of nitrogens with one attached hydrogen (secondary N) is 1. The SMILES string of the molecule is CCC(SC)C(=O)Nc1ccc(-c2nnc(N(C)C)o2)cc1. The van der Waals surface area contributed by atoms with Crippen LogP contribution in [0, 0.1) is 0 Å². The fraction of sp³-hybridized carbons (Fsp3) is 0.400. The number of thioether (sulfide) groups is 1. The summed E-state index contributed by atoms with van der Waals surface area (Å²) in [6.07, 6.45) is 2.75. The maximum absolute atomic E-state index is 12.0. The van der Waals surface area contributed by atoms with Crippen LogP contribution in [0.2, 0.25) is 0 Å². The molecule has 2 aromatic rings. The van der Waals surface area contributed by atoms with Crippen molar-refractivity contribution < 1.29 is 9.21 Å². The Morgan fingerprint density at radius 1 is 1.32 bits per heavy atom. The first-order valence-corrected chi connectivity index (χ1v) is 8.28. The first-order valence-electron chi connectivity index (χ1n) is 7.00. The molecule has 1 atom stereocenters. The van der Waals surface area contributed by atoms with Crippen LogP contribution >= 0.6 is 11.8 Å². The highest BCUT2D eigenvalue weighted by Gasteiger charge is 2.15. The quantitative estimate of drug-likeness (QED) is 0.882. The Bertz CT molecular complexity index is 621. The third-order valence-electron chi connectivity index (χ3n) is 3.14. The Balaban J connectivity index is 2.08. The van der Waals surface area contributed by atoms with Crippen LogP contribution in [0.1, 0.15) is 13.3 Å². The lowest BCUT2D eigenvalue weighted by Gasteiger charge is -2.12. The van der Waals surface area contributed by atoms with E-state index in [-0.39, 0.29) is 11.2 Å². The van der Waals surface area contributed by atoms with E-state index in [4.69, 9.17) is 4.42 Å². The van der Waals surface area contributed by atoms with Crippen LogP contribution in [0.25, 0.3) is 11.5 Å². The monoisotopic (exact) mass is 320 g/mol. The molecule has 6 nitrogen and oxygen atoms in total. The average molecular weight is 320 g/mol. The van der Waals surface area contributed by atoms with Gasteiger partial charge >= 0.3 is 6.01 Å². The molecular weight excluding hydrogens is 300 g/mol. The van der Waals surface area contributed by atoms with Crippen molar-refractivity contribution >= 4 is 29.4 Å². The minimum Gasteiger partial charge on any atom is -0.403 e. The molecule has 0 aliphatic rings. The van der Waals surface area contributed by atoms with Crippen molar-refractivity contribution in [3.63, 3.8) is 0 Å². The molecular formula is C15H20N4O2S. The van der Waals surface area contributed by atoms with Gasteiger partial charge in [-0.2, -0.15) is 11.8 Å². The number of hydrogen-bond acceptors (Lipinski definition) is 6. The Morgan fingerprint density at radius 2 is 2.00 bits per heavy atom. The van der Waals surface area contributed by atoms with E-state index in [2.05, 4.69) is 15.5 Å². The summed E-state index contributed by atoms with van der Waals surface area (Å²) in [6, 6.07) is 7.82. The van der Waals surface area contributed by atoms with Crippen molar-refractivity contribution in [2.45, 2.75) is 18.6 Å². The van der Waals surface area contributed by atoms with E-state index in [1.807, 2.05) is 51.5 Å². The molecule has 0 saturated heterocycles. The minimum absolute atomic E-state index is 0.0236. The molecule has 1 amide bonds. The van der Waals surface area contributed by atoms with E-state index in [0.717, 1.165) is 17.7 Å². The Hall–Kier alpha value is -2.02. The van der Waals surface area contributed by atoms with E-state index >= 15 is 0 Å². The van der Waals surface area contributed by atoms with Crippen LogP contribution < -0.4 is 10.2 Å². The van der Waals surface area contributed by atoms with E-state index in [9.17, 15) is 4.79 Å². The number of carbonyl (C=O) groups is 1. The van der Waals surface area contributed by atoms with Gasteiger partial charge in [0, 0.05) is 25.3 Å². The van der Waals surface area contributed by atoms with Gasteiger partial charge in [-0.15, -0.1) is 5.10 Å². The van der Waals surface area contributed by atoms with Crippen molar-refractivity contribution in [2.24, 2.45) is 0 Å². The second-order valence-corrected chi connectivity index (χ2v) is 6.02. The molecule has 0 saturated carbocycles. The van der Waals surface area contributed by atoms with Crippen molar-refractivity contribution in [1.29, 1.82) is 0 Å². The molecule has 0 aliphatic heterocycles. The van der Waals surface area contributed by atoms with Gasteiger partial charge in [-0.3, -0.25) is 4.79 Å². The van der Waals surface area contributed by atoms with Gasteiger partial charge in [0.1, 0.15) is 0 Å². The number of anilines is 2.